The van der Waals surface area contributed by atoms with Crippen molar-refractivity contribution in [1.82, 2.24) is 36.4 Å². The fourth-order valence-electron chi connectivity index (χ4n) is 7.33. The topological polar surface area (TPSA) is 313 Å². The van der Waals surface area contributed by atoms with Crippen LogP contribution in [0.5, 0.6) is 0 Å². The third-order valence-corrected chi connectivity index (χ3v) is 11.3. The number of nitrogens with one attached hydrogen (secondary N) is 4. The molecule has 3 aliphatic heterocycles. The van der Waals surface area contributed by atoms with E-state index in [1.807, 2.05) is 96.4 Å². The highest BCUT2D eigenvalue weighted by Crippen LogP contribution is 2.21. The molecule has 0 bridgehead atoms. The van der Waals surface area contributed by atoms with E-state index >= 15 is 0 Å². The van der Waals surface area contributed by atoms with E-state index in [1.54, 1.807) is 56.2 Å². The van der Waals surface area contributed by atoms with E-state index in [0.717, 1.165) is 16.7 Å². The molecule has 3 aromatic carbocycles. The number of nitrogens with two attached hydrogens (primary N) is 2. The van der Waals surface area contributed by atoms with Gasteiger partial charge in [-0.3, -0.25) is 30.7 Å². The summed E-state index contributed by atoms with van der Waals surface area (Å²) in [6, 6.07) is 28.5. The molecule has 3 saturated heterocycles. The quantitative estimate of drug-likeness (QED) is 0.0549. The molecule has 3 aromatic rings. The van der Waals surface area contributed by atoms with E-state index < -0.39 is 29.4 Å². The number of hydrogen-bond acceptors (Lipinski definition) is 15. The fourth-order valence-corrected chi connectivity index (χ4v) is 7.33. The van der Waals surface area contributed by atoms with Gasteiger partial charge in [0.05, 0.1) is 5.92 Å². The number of carboxylic acids is 1. The van der Waals surface area contributed by atoms with Gasteiger partial charge in [-0.1, -0.05) is 91.0 Å². The molecule has 9 N–H and O–H groups in total. The van der Waals surface area contributed by atoms with Crippen LogP contribution in [0.4, 0.5) is 24.0 Å². The molecule has 3 aliphatic rings. The predicted molar refractivity (Wildman–Crippen MR) is 274 cm³/mol. The Morgan fingerprint density at radius 2 is 0.773 bits per heavy atom. The Bertz CT molecular complexity index is 2240. The van der Waals surface area contributed by atoms with Crippen molar-refractivity contribution in [3.05, 3.63) is 108 Å². The molecule has 0 aliphatic carbocycles. The summed E-state index contributed by atoms with van der Waals surface area (Å²) >= 11 is 0. The number of nitrogens with zero attached hydrogens (tertiary/aromatic N) is 3. The normalized spacial score (nSPS) is 15.0. The number of benzene rings is 3. The Hall–Kier alpha value is -7.66. The Kier molecular flexibility index (Phi) is 26.2. The Morgan fingerprint density at radius 1 is 0.467 bits per heavy atom. The van der Waals surface area contributed by atoms with Crippen LogP contribution in [-0.4, -0.2) is 119 Å². The van der Waals surface area contributed by atoms with E-state index in [0.29, 0.717) is 77.8 Å². The van der Waals surface area contributed by atoms with Gasteiger partial charge in [-0.15, -0.1) is 0 Å². The number of ether oxygens (including phenoxy) is 5. The van der Waals surface area contributed by atoms with E-state index in [2.05, 4.69) is 16.3 Å². The molecule has 75 heavy (non-hydrogen) atoms. The number of piperidine rings is 3. The molecule has 3 heterocycles. The van der Waals surface area contributed by atoms with Gasteiger partial charge in [0.2, 0.25) is 11.8 Å². The molecule has 7 amide bonds. The lowest BCUT2D eigenvalue weighted by molar-refractivity contribution is -0.143. The molecule has 412 valence electrons. The smallest absolute Gasteiger partial charge is 0.426 e. The first kappa shape index (κ1) is 61.6. The van der Waals surface area contributed by atoms with Crippen LogP contribution in [0.1, 0.15) is 96.8 Å². The number of carbonyl (C=O) groups excluding carboxylic acids is 7. The Labute approximate surface area is 438 Å². The van der Waals surface area contributed by atoms with Crippen molar-refractivity contribution in [2.45, 2.75) is 111 Å². The molecule has 0 saturated carbocycles. The van der Waals surface area contributed by atoms with Gasteiger partial charge in [0.15, 0.2) is 0 Å². The second-order valence-electron chi connectivity index (χ2n) is 19.5. The van der Waals surface area contributed by atoms with Gasteiger partial charge in [0, 0.05) is 51.1 Å². The highest BCUT2D eigenvalue weighted by Gasteiger charge is 2.31. The molecule has 23 heteroatoms. The molecule has 0 spiro atoms. The van der Waals surface area contributed by atoms with Crippen LogP contribution < -0.4 is 33.4 Å². The van der Waals surface area contributed by atoms with Crippen molar-refractivity contribution in [2.24, 2.45) is 29.4 Å². The lowest BCUT2D eigenvalue weighted by atomic mass is 9.96. The first-order valence-electron chi connectivity index (χ1n) is 24.7. The van der Waals surface area contributed by atoms with E-state index in [9.17, 15) is 38.4 Å². The van der Waals surface area contributed by atoms with Crippen LogP contribution >= 0.6 is 0 Å². The number of likely N-dealkylation sites (tertiary alicyclic amines) is 3. The molecule has 0 radical (unpaired) electrons. The van der Waals surface area contributed by atoms with Gasteiger partial charge in [-0.05, 0) is 96.8 Å². The van der Waals surface area contributed by atoms with Crippen molar-refractivity contribution in [2.75, 3.05) is 39.3 Å². The van der Waals surface area contributed by atoms with Crippen LogP contribution in [0.25, 0.3) is 0 Å². The highest BCUT2D eigenvalue weighted by atomic mass is 16.6. The van der Waals surface area contributed by atoms with Gasteiger partial charge in [0.1, 0.15) is 31.0 Å². The average molecular weight is 1050 g/mol. The maximum Gasteiger partial charge on any atom is 0.426 e. The minimum Gasteiger partial charge on any atom is -0.481 e. The molecular weight excluding hydrogens is 975 g/mol. The van der Waals surface area contributed by atoms with Crippen molar-refractivity contribution in [3.63, 3.8) is 0 Å². The van der Waals surface area contributed by atoms with Gasteiger partial charge in [-0.25, -0.2) is 41.1 Å². The van der Waals surface area contributed by atoms with Crippen LogP contribution in [0.15, 0.2) is 91.0 Å². The summed E-state index contributed by atoms with van der Waals surface area (Å²) < 4.78 is 25.5. The van der Waals surface area contributed by atoms with E-state index in [1.165, 1.54) is 0 Å². The monoisotopic (exact) mass is 1050 g/mol. The van der Waals surface area contributed by atoms with Crippen LogP contribution in [-0.2, 0) is 57.9 Å². The number of aliphatic carboxylic acids is 1. The van der Waals surface area contributed by atoms with Crippen molar-refractivity contribution in [3.8, 4) is 0 Å². The second kappa shape index (κ2) is 31.8. The van der Waals surface area contributed by atoms with Crippen LogP contribution in [0, 0.1) is 17.8 Å². The minimum atomic E-state index is -0.780. The highest BCUT2D eigenvalue weighted by molar-refractivity contribution is 5.81. The third-order valence-electron chi connectivity index (χ3n) is 11.3. The SMILES string of the molecule is CC(C)(C)OC(=O)NN.CC(C)(C)OC(=O)NNC(=O)C1CCN(C(=O)OCc2ccccc2)CC1.NNC(=O)C1CCN(C(=O)OCc2ccccc2)CC1.O=C(O)C1CCN(C(=O)OCc2ccccc2)CC1. The van der Waals surface area contributed by atoms with Gasteiger partial charge < -0.3 is 43.5 Å². The number of amides is 7. The number of carbonyl (C=O) groups is 8. The van der Waals surface area contributed by atoms with Crippen molar-refractivity contribution < 1.29 is 67.1 Å². The summed E-state index contributed by atoms with van der Waals surface area (Å²) in [6.45, 7) is 14.0. The standard InChI is InChI=1S/C19H27N3O5.C14H19N3O3.C14H17NO4.C5H12N2O2/c1-19(2,3)27-17(24)21-20-16(23)15-9-11-22(12-10-15)18(25)26-13-14-7-5-4-6-8-14;15-16-13(18)12-6-8-17(9-7-12)14(19)20-10-11-4-2-1-3-5-11;16-13(17)12-6-8-15(9-7-12)14(18)19-10-11-4-2-1-3-5-11;1-5(2,3)9-4(8)7-6/h4-8,15H,9-13H2,1-3H3,(H,20,23)(H,21,24);1-5,12H,6-10,15H2,(H,16,18);1-5,12H,6-10H2,(H,16,17);6H2,1-3H3,(H,7,8). The van der Waals surface area contributed by atoms with Gasteiger partial charge in [-0.2, -0.15) is 0 Å². The third kappa shape index (κ3) is 25.2. The molecule has 0 atom stereocenters. The molecule has 23 nitrogen and oxygen atoms in total. The second-order valence-corrected chi connectivity index (χ2v) is 19.5. The Morgan fingerprint density at radius 3 is 1.05 bits per heavy atom. The average Bonchev–Trinajstić information content (AvgIpc) is 3.40. The summed E-state index contributed by atoms with van der Waals surface area (Å²) in [4.78, 5) is 96.9. The maximum absolute atomic E-state index is 12.1. The maximum atomic E-state index is 12.1. The molecule has 0 aromatic heterocycles. The summed E-state index contributed by atoms with van der Waals surface area (Å²) in [7, 11) is 0. The zero-order chi connectivity index (χ0) is 55.4. The fraction of sp³-hybridized carbons (Fsp3) is 0.500. The molecule has 0 unspecified atom stereocenters. The zero-order valence-corrected chi connectivity index (χ0v) is 43.7. The number of hydrogen-bond donors (Lipinski definition) is 7. The summed E-state index contributed by atoms with van der Waals surface area (Å²) in [5.41, 5.74) is 10.3. The van der Waals surface area contributed by atoms with Crippen LogP contribution in [0.2, 0.25) is 0 Å². The van der Waals surface area contributed by atoms with E-state index in [-0.39, 0.29) is 67.7 Å². The van der Waals surface area contributed by atoms with E-state index in [4.69, 9.17) is 40.5 Å². The lowest BCUT2D eigenvalue weighted by Gasteiger charge is -2.30. The van der Waals surface area contributed by atoms with Crippen molar-refractivity contribution in [1.29, 1.82) is 0 Å². The summed E-state index contributed by atoms with van der Waals surface area (Å²) in [5.74, 6) is 7.89. The minimum absolute atomic E-state index is 0.113. The zero-order valence-electron chi connectivity index (χ0n) is 43.7. The molecule has 3 fully saturated rings. The first-order valence-corrected chi connectivity index (χ1v) is 24.7. The predicted octanol–water partition coefficient (Wildman–Crippen LogP) is 6.12. The lowest BCUT2D eigenvalue weighted by Crippen LogP contribution is -2.49. The Balaban J connectivity index is 0.000000278. The first-order chi connectivity index (χ1) is 35.6. The summed E-state index contributed by atoms with van der Waals surface area (Å²) in [5, 5.41) is 8.88. The number of rotatable bonds is 9. The van der Waals surface area contributed by atoms with Gasteiger partial charge >= 0.3 is 36.4 Å². The largest absolute Gasteiger partial charge is 0.481 e. The van der Waals surface area contributed by atoms with Crippen LogP contribution in [0.3, 0.4) is 0 Å². The molecule has 6 rings (SSSR count). The number of carboxylic acid groups (broad SMARTS) is 1. The molecular formula is C52H75N9O14. The summed E-state index contributed by atoms with van der Waals surface area (Å²) in [6.07, 6.45) is 0.821. The number of hydrazine groups is 3. The van der Waals surface area contributed by atoms with Crippen molar-refractivity contribution >= 4 is 48.2 Å². The van der Waals surface area contributed by atoms with Gasteiger partial charge in [0.25, 0.3) is 0 Å².